The molecule has 2 amide bonds. The Morgan fingerprint density at radius 2 is 1.86 bits per heavy atom. The highest BCUT2D eigenvalue weighted by Gasteiger charge is 2.18. The van der Waals surface area contributed by atoms with Crippen molar-refractivity contribution in [3.63, 3.8) is 0 Å². The number of rotatable bonds is 3. The van der Waals surface area contributed by atoms with Gasteiger partial charge < -0.3 is 15.4 Å². The molecular formula is C21H16N2O4S. The van der Waals surface area contributed by atoms with Gasteiger partial charge in [-0.25, -0.2) is 4.79 Å². The van der Waals surface area contributed by atoms with Crippen molar-refractivity contribution in [2.75, 3.05) is 23.5 Å². The molecule has 0 fully saturated rings. The van der Waals surface area contributed by atoms with E-state index in [2.05, 4.69) is 10.6 Å². The van der Waals surface area contributed by atoms with Crippen molar-refractivity contribution >= 4 is 51.7 Å². The van der Waals surface area contributed by atoms with E-state index in [4.69, 9.17) is 4.74 Å². The molecule has 0 aliphatic carbocycles. The molecule has 3 aromatic carbocycles. The third-order valence-electron chi connectivity index (χ3n) is 4.45. The molecule has 0 saturated carbocycles. The number of benzene rings is 3. The van der Waals surface area contributed by atoms with Crippen LogP contribution in [0.15, 0.2) is 59.5 Å². The molecule has 0 atom stereocenters. The molecule has 0 saturated heterocycles. The minimum absolute atomic E-state index is 0.0838. The van der Waals surface area contributed by atoms with E-state index in [1.165, 1.54) is 18.9 Å². The second kappa shape index (κ2) is 7.36. The van der Waals surface area contributed by atoms with Crippen molar-refractivity contribution in [2.24, 2.45) is 0 Å². The maximum absolute atomic E-state index is 12.8. The quantitative estimate of drug-likeness (QED) is 0.660. The highest BCUT2D eigenvalue weighted by Crippen LogP contribution is 2.33. The SMILES string of the molecule is COC(=O)c1ccc(NC(=O)c2ccc3c(c2)NC(=O)CS3)c2ccccc12. The van der Waals surface area contributed by atoms with Crippen LogP contribution in [0.4, 0.5) is 11.4 Å². The van der Waals surface area contributed by atoms with E-state index in [1.54, 1.807) is 24.3 Å². The van der Waals surface area contributed by atoms with Gasteiger partial charge >= 0.3 is 5.97 Å². The van der Waals surface area contributed by atoms with E-state index in [-0.39, 0.29) is 11.8 Å². The van der Waals surface area contributed by atoms with Gasteiger partial charge in [0, 0.05) is 21.5 Å². The largest absolute Gasteiger partial charge is 0.465 e. The summed E-state index contributed by atoms with van der Waals surface area (Å²) in [5.41, 5.74) is 2.09. The fourth-order valence-corrected chi connectivity index (χ4v) is 3.90. The number of anilines is 2. The molecule has 3 aromatic rings. The molecule has 1 heterocycles. The van der Waals surface area contributed by atoms with Crippen molar-refractivity contribution in [3.05, 3.63) is 65.7 Å². The van der Waals surface area contributed by atoms with Gasteiger partial charge in [0.15, 0.2) is 0 Å². The number of fused-ring (bicyclic) bond motifs is 2. The zero-order valence-corrected chi connectivity index (χ0v) is 15.8. The standard InChI is InChI=1S/C21H16N2O4S/c1-27-21(26)15-7-8-16(14-5-3-2-4-13(14)15)23-20(25)12-6-9-18-17(10-12)22-19(24)11-28-18/h2-10H,11H2,1H3,(H,22,24)(H,23,25). The molecule has 0 unspecified atom stereocenters. The van der Waals surface area contributed by atoms with E-state index < -0.39 is 5.97 Å². The lowest BCUT2D eigenvalue weighted by molar-refractivity contribution is -0.113. The van der Waals surface area contributed by atoms with Crippen LogP contribution >= 0.6 is 11.8 Å². The summed E-state index contributed by atoms with van der Waals surface area (Å²) in [5, 5.41) is 7.11. The number of nitrogens with one attached hydrogen (secondary N) is 2. The predicted molar refractivity (Wildman–Crippen MR) is 109 cm³/mol. The summed E-state index contributed by atoms with van der Waals surface area (Å²) in [6, 6.07) is 15.8. The summed E-state index contributed by atoms with van der Waals surface area (Å²) >= 11 is 1.44. The Kier molecular flexibility index (Phi) is 4.75. The molecule has 0 spiro atoms. The molecule has 28 heavy (non-hydrogen) atoms. The fourth-order valence-electron chi connectivity index (χ4n) is 3.11. The average Bonchev–Trinajstić information content (AvgIpc) is 2.72. The van der Waals surface area contributed by atoms with Gasteiger partial charge in [-0.3, -0.25) is 9.59 Å². The van der Waals surface area contributed by atoms with Crippen LogP contribution in [-0.2, 0) is 9.53 Å². The summed E-state index contributed by atoms with van der Waals surface area (Å²) in [4.78, 5) is 37.3. The molecule has 0 bridgehead atoms. The molecule has 2 N–H and O–H groups in total. The molecule has 4 rings (SSSR count). The van der Waals surface area contributed by atoms with Crippen LogP contribution in [0.1, 0.15) is 20.7 Å². The first-order chi connectivity index (χ1) is 13.6. The summed E-state index contributed by atoms with van der Waals surface area (Å²) < 4.78 is 4.83. The Morgan fingerprint density at radius 1 is 1.07 bits per heavy atom. The summed E-state index contributed by atoms with van der Waals surface area (Å²) in [6.45, 7) is 0. The summed E-state index contributed by atoms with van der Waals surface area (Å²) in [7, 11) is 1.33. The van der Waals surface area contributed by atoms with Gasteiger partial charge in [0.1, 0.15) is 0 Å². The van der Waals surface area contributed by atoms with E-state index in [0.717, 1.165) is 10.3 Å². The number of ether oxygens (including phenoxy) is 1. The van der Waals surface area contributed by atoms with Crippen LogP contribution in [0.3, 0.4) is 0 Å². The zero-order valence-electron chi connectivity index (χ0n) is 14.9. The lowest BCUT2D eigenvalue weighted by Crippen LogP contribution is -2.20. The van der Waals surface area contributed by atoms with Gasteiger partial charge in [0.2, 0.25) is 5.91 Å². The lowest BCUT2D eigenvalue weighted by atomic mass is 10.0. The molecule has 1 aliphatic heterocycles. The summed E-state index contributed by atoms with van der Waals surface area (Å²) in [5.74, 6) is -0.447. The number of esters is 1. The van der Waals surface area contributed by atoms with Crippen LogP contribution < -0.4 is 10.6 Å². The van der Waals surface area contributed by atoms with Gasteiger partial charge in [-0.05, 0) is 35.7 Å². The number of methoxy groups -OCH3 is 1. The van der Waals surface area contributed by atoms with Crippen molar-refractivity contribution in [1.29, 1.82) is 0 Å². The summed E-state index contributed by atoms with van der Waals surface area (Å²) in [6.07, 6.45) is 0. The third kappa shape index (κ3) is 3.32. The minimum atomic E-state index is -0.433. The Bertz CT molecular complexity index is 1130. The maximum Gasteiger partial charge on any atom is 0.338 e. The van der Waals surface area contributed by atoms with Gasteiger partial charge in [-0.1, -0.05) is 24.3 Å². The van der Waals surface area contributed by atoms with Crippen molar-refractivity contribution in [3.8, 4) is 0 Å². The molecule has 140 valence electrons. The van der Waals surface area contributed by atoms with E-state index in [1.807, 2.05) is 30.3 Å². The smallest absolute Gasteiger partial charge is 0.338 e. The van der Waals surface area contributed by atoms with Gasteiger partial charge in [0.25, 0.3) is 5.91 Å². The first-order valence-corrected chi connectivity index (χ1v) is 9.53. The first kappa shape index (κ1) is 18.1. The van der Waals surface area contributed by atoms with Crippen molar-refractivity contribution in [1.82, 2.24) is 0 Å². The van der Waals surface area contributed by atoms with E-state index in [9.17, 15) is 14.4 Å². The van der Waals surface area contributed by atoms with E-state index >= 15 is 0 Å². The van der Waals surface area contributed by atoms with Crippen molar-refractivity contribution in [2.45, 2.75) is 4.90 Å². The topological polar surface area (TPSA) is 84.5 Å². The molecular weight excluding hydrogens is 376 g/mol. The van der Waals surface area contributed by atoms with Crippen LogP contribution in [0.25, 0.3) is 10.8 Å². The second-order valence-electron chi connectivity index (χ2n) is 6.20. The number of carbonyl (C=O) groups excluding carboxylic acids is 3. The zero-order chi connectivity index (χ0) is 19.7. The average molecular weight is 392 g/mol. The molecule has 0 aromatic heterocycles. The molecule has 1 aliphatic rings. The fraction of sp³-hybridized carbons (Fsp3) is 0.0952. The van der Waals surface area contributed by atoms with Crippen LogP contribution in [-0.4, -0.2) is 30.6 Å². The lowest BCUT2D eigenvalue weighted by Gasteiger charge is -2.17. The third-order valence-corrected chi connectivity index (χ3v) is 5.53. The second-order valence-corrected chi connectivity index (χ2v) is 7.22. The van der Waals surface area contributed by atoms with Crippen molar-refractivity contribution < 1.29 is 19.1 Å². The molecule has 7 heteroatoms. The van der Waals surface area contributed by atoms with Crippen LogP contribution in [0.5, 0.6) is 0 Å². The van der Waals surface area contributed by atoms with E-state index in [0.29, 0.717) is 33.6 Å². The number of carbonyl (C=O) groups is 3. The number of thioether (sulfide) groups is 1. The van der Waals surface area contributed by atoms with Gasteiger partial charge in [0.05, 0.1) is 24.1 Å². The predicted octanol–water partition coefficient (Wildman–Crippen LogP) is 3.92. The monoisotopic (exact) mass is 392 g/mol. The number of hydrogen-bond acceptors (Lipinski definition) is 5. The Labute approximate surface area is 165 Å². The van der Waals surface area contributed by atoms with Gasteiger partial charge in [-0.15, -0.1) is 11.8 Å². The molecule has 0 radical (unpaired) electrons. The Balaban J connectivity index is 1.67. The van der Waals surface area contributed by atoms with Gasteiger partial charge in [-0.2, -0.15) is 0 Å². The first-order valence-electron chi connectivity index (χ1n) is 8.55. The normalized spacial score (nSPS) is 12.8. The highest BCUT2D eigenvalue weighted by molar-refractivity contribution is 8.00. The number of amides is 2. The minimum Gasteiger partial charge on any atom is -0.465 e. The maximum atomic E-state index is 12.8. The Hall–Kier alpha value is -3.32. The van der Waals surface area contributed by atoms with Crippen LogP contribution in [0.2, 0.25) is 0 Å². The molecule has 6 nitrogen and oxygen atoms in total. The number of hydrogen-bond donors (Lipinski definition) is 2. The Morgan fingerprint density at radius 3 is 2.64 bits per heavy atom. The highest BCUT2D eigenvalue weighted by atomic mass is 32.2. The van der Waals surface area contributed by atoms with Crippen LogP contribution in [0, 0.1) is 0 Å².